The fourth-order valence-corrected chi connectivity index (χ4v) is 6.48. The van der Waals surface area contributed by atoms with Crippen LogP contribution in [0.15, 0.2) is 60.7 Å². The molecule has 0 aliphatic rings. The van der Waals surface area contributed by atoms with Crippen molar-refractivity contribution in [3.05, 3.63) is 102 Å². The number of aromatic hydroxyl groups is 2. The molecule has 0 fully saturated rings. The number of thiophene rings is 2. The number of rotatable bonds is 12. The zero-order valence-electron chi connectivity index (χ0n) is 30.4. The largest absolute Gasteiger partial charge is 0.508 e. The number of amides is 4. The number of carbonyl (C=O) groups excluding carboxylic acids is 5. The van der Waals surface area contributed by atoms with E-state index in [0.717, 1.165) is 33.8 Å². The molecule has 4 amide bonds. The van der Waals surface area contributed by atoms with Crippen LogP contribution in [0.2, 0.25) is 0 Å². The molecule has 2 aromatic heterocycles. The number of nitrogens with one attached hydrogen (secondary N) is 4. The normalized spacial score (nSPS) is 11.2. The van der Waals surface area contributed by atoms with Gasteiger partial charge in [0.2, 0.25) is 0 Å². The molecule has 2 heterocycles. The van der Waals surface area contributed by atoms with Gasteiger partial charge in [0.05, 0.1) is 28.3 Å². The Morgan fingerprint density at radius 2 is 1.20 bits per heavy atom. The van der Waals surface area contributed by atoms with Crippen molar-refractivity contribution in [1.29, 1.82) is 0 Å². The number of aromatic carboxylic acids is 1. The van der Waals surface area contributed by atoms with Crippen molar-refractivity contribution >= 4 is 58.4 Å². The quantitative estimate of drug-likeness (QED) is 0.0958. The number of ether oxygens (including phenoxy) is 2. The number of aryl methyl sites for hydroxylation is 2. The Balaban J connectivity index is 0.000000331. The monoisotopic (exact) mass is 782 g/mol. The zero-order chi connectivity index (χ0) is 40.2. The molecular formula is C37H42N4O11S2. The number of methoxy groups -OCH3 is 1. The predicted molar refractivity (Wildman–Crippen MR) is 201 cm³/mol. The van der Waals surface area contributed by atoms with Crippen LogP contribution in [-0.2, 0) is 27.4 Å². The molecule has 4 aromatic rings. The number of phenolic OH excluding ortho intramolecular Hbond substituents is 2. The predicted octanol–water partition coefficient (Wildman–Crippen LogP) is 4.88. The van der Waals surface area contributed by atoms with E-state index in [1.807, 2.05) is 0 Å². The van der Waals surface area contributed by atoms with Gasteiger partial charge in [0.1, 0.15) is 28.0 Å². The minimum Gasteiger partial charge on any atom is -0.508 e. The molecule has 0 spiro atoms. The van der Waals surface area contributed by atoms with E-state index in [4.69, 9.17) is 14.6 Å². The molecule has 0 saturated heterocycles. The van der Waals surface area contributed by atoms with Crippen molar-refractivity contribution in [2.75, 3.05) is 13.7 Å². The lowest BCUT2D eigenvalue weighted by Gasteiger charge is -2.21. The van der Waals surface area contributed by atoms with E-state index in [0.29, 0.717) is 20.9 Å². The fraction of sp³-hybridized carbons (Fsp3) is 0.297. The summed E-state index contributed by atoms with van der Waals surface area (Å²) in [6.07, 6.45) is -0.742. The number of carbonyl (C=O) groups is 6. The molecule has 15 nitrogen and oxygen atoms in total. The molecule has 0 aliphatic carbocycles. The van der Waals surface area contributed by atoms with Crippen LogP contribution in [0.25, 0.3) is 0 Å². The average Bonchev–Trinajstić information content (AvgIpc) is 3.70. The third-order valence-electron chi connectivity index (χ3n) is 7.05. The van der Waals surface area contributed by atoms with Gasteiger partial charge < -0.3 is 46.1 Å². The van der Waals surface area contributed by atoms with Crippen LogP contribution < -0.4 is 21.3 Å². The van der Waals surface area contributed by atoms with E-state index >= 15 is 0 Å². The highest BCUT2D eigenvalue weighted by atomic mass is 32.1. The Hall–Kier alpha value is -5.94. The summed E-state index contributed by atoms with van der Waals surface area (Å²) in [5.41, 5.74) is 1.89. The van der Waals surface area contributed by atoms with E-state index in [1.54, 1.807) is 83.1 Å². The maximum Gasteiger partial charge on any atom is 0.407 e. The summed E-state index contributed by atoms with van der Waals surface area (Å²) in [4.78, 5) is 73.3. The van der Waals surface area contributed by atoms with Gasteiger partial charge in [0.15, 0.2) is 0 Å². The van der Waals surface area contributed by atoms with E-state index in [2.05, 4.69) is 21.3 Å². The molecule has 0 bridgehead atoms. The Morgan fingerprint density at radius 1 is 0.722 bits per heavy atom. The first-order valence-corrected chi connectivity index (χ1v) is 17.9. The summed E-state index contributed by atoms with van der Waals surface area (Å²) >= 11 is 1.92. The van der Waals surface area contributed by atoms with Gasteiger partial charge in [-0.2, -0.15) is 0 Å². The molecule has 2 aromatic carbocycles. The number of hydrogen-bond donors (Lipinski definition) is 7. The molecule has 288 valence electrons. The lowest BCUT2D eigenvalue weighted by molar-refractivity contribution is -0.142. The summed E-state index contributed by atoms with van der Waals surface area (Å²) in [7, 11) is 1.17. The second-order valence-corrected chi connectivity index (χ2v) is 14.8. The lowest BCUT2D eigenvalue weighted by Crippen LogP contribution is -2.49. The van der Waals surface area contributed by atoms with Crippen molar-refractivity contribution in [2.45, 2.75) is 59.4 Å². The van der Waals surface area contributed by atoms with Gasteiger partial charge in [-0.25, -0.2) is 14.4 Å². The smallest absolute Gasteiger partial charge is 0.407 e. The van der Waals surface area contributed by atoms with Gasteiger partial charge in [0.25, 0.3) is 17.7 Å². The van der Waals surface area contributed by atoms with Gasteiger partial charge in [-0.15, -0.1) is 22.7 Å². The molecule has 4 rings (SSSR count). The minimum absolute atomic E-state index is 0.0963. The molecule has 54 heavy (non-hydrogen) atoms. The van der Waals surface area contributed by atoms with Gasteiger partial charge >= 0.3 is 18.0 Å². The van der Waals surface area contributed by atoms with Crippen LogP contribution in [0.5, 0.6) is 11.5 Å². The van der Waals surface area contributed by atoms with Crippen molar-refractivity contribution in [3.8, 4) is 11.5 Å². The topological polar surface area (TPSA) is 230 Å². The number of benzene rings is 2. The SMILES string of the molecule is COC(=O)[C@H](CNC(=O)OC(C)(C)C)NC(=O)c1sc(C(=O)NCc2cccc(O)c2)cc1C.Cc1cc(C(=O)NCc2cccc(O)c2)sc1C(=O)O. The van der Waals surface area contributed by atoms with Crippen LogP contribution in [0.4, 0.5) is 4.79 Å². The highest BCUT2D eigenvalue weighted by Gasteiger charge is 2.27. The number of carboxylic acids is 1. The Morgan fingerprint density at radius 3 is 1.63 bits per heavy atom. The fourth-order valence-electron chi connectivity index (χ4n) is 4.56. The maximum atomic E-state index is 12.8. The molecule has 0 unspecified atom stereocenters. The van der Waals surface area contributed by atoms with E-state index in [-0.39, 0.29) is 52.7 Å². The van der Waals surface area contributed by atoms with Gasteiger partial charge in [-0.05, 0) is 93.3 Å². The second-order valence-electron chi connectivity index (χ2n) is 12.7. The molecule has 17 heteroatoms. The third kappa shape index (κ3) is 13.2. The molecule has 1 atom stereocenters. The Bertz CT molecular complexity index is 2000. The number of carboxylic acid groups (broad SMARTS) is 1. The Labute approximate surface area is 319 Å². The zero-order valence-corrected chi connectivity index (χ0v) is 32.0. The number of hydrogen-bond acceptors (Lipinski definition) is 12. The van der Waals surface area contributed by atoms with Crippen LogP contribution >= 0.6 is 22.7 Å². The van der Waals surface area contributed by atoms with Crippen LogP contribution in [0.3, 0.4) is 0 Å². The van der Waals surface area contributed by atoms with Crippen molar-refractivity contribution in [2.24, 2.45) is 0 Å². The highest BCUT2D eigenvalue weighted by molar-refractivity contribution is 7.16. The number of phenols is 2. The van der Waals surface area contributed by atoms with E-state index < -0.39 is 35.6 Å². The van der Waals surface area contributed by atoms with Crippen molar-refractivity contribution in [3.63, 3.8) is 0 Å². The summed E-state index contributed by atoms with van der Waals surface area (Å²) in [5.74, 6) is -2.84. The third-order valence-corrected chi connectivity index (χ3v) is 9.51. The summed E-state index contributed by atoms with van der Waals surface area (Å²) in [6.45, 7) is 8.65. The molecule has 7 N–H and O–H groups in total. The minimum atomic E-state index is -1.16. The van der Waals surface area contributed by atoms with Gasteiger partial charge in [0, 0.05) is 13.1 Å². The van der Waals surface area contributed by atoms with Crippen molar-refractivity contribution in [1.82, 2.24) is 21.3 Å². The second kappa shape index (κ2) is 19.2. The molecule has 0 radical (unpaired) electrons. The molecular weight excluding hydrogens is 741 g/mol. The average molecular weight is 783 g/mol. The standard InChI is InChI=1S/C23H29N3O7S.C14H13NO4S/c1-13-9-17(19(28)24-11-14-7-6-8-15(27)10-14)34-18(13)20(29)26-16(21(30)32-5)12-25-22(31)33-23(2,3)4;1-8-5-11(20-12(8)14(18)19)13(17)15-7-9-3-2-4-10(16)6-9/h6-10,16,27H,11-12H2,1-5H3,(H,24,28)(H,25,31)(H,26,29);2-6,16H,7H2,1H3,(H,15,17)(H,18,19)/t16-;/m0./s1. The lowest BCUT2D eigenvalue weighted by atomic mass is 10.2. The first kappa shape index (κ1) is 42.5. The maximum absolute atomic E-state index is 12.8. The van der Waals surface area contributed by atoms with Crippen LogP contribution in [0, 0.1) is 13.8 Å². The Kier molecular flexibility index (Phi) is 15.1. The van der Waals surface area contributed by atoms with Gasteiger partial charge in [-0.3, -0.25) is 14.4 Å². The first-order valence-electron chi connectivity index (χ1n) is 16.3. The molecule has 0 saturated carbocycles. The first-order chi connectivity index (χ1) is 25.4. The summed E-state index contributed by atoms with van der Waals surface area (Å²) < 4.78 is 9.84. The summed E-state index contributed by atoms with van der Waals surface area (Å²) in [6, 6.07) is 15.1. The van der Waals surface area contributed by atoms with Gasteiger partial charge in [-0.1, -0.05) is 24.3 Å². The number of esters is 1. The molecule has 0 aliphatic heterocycles. The van der Waals surface area contributed by atoms with E-state index in [1.165, 1.54) is 19.2 Å². The van der Waals surface area contributed by atoms with Crippen molar-refractivity contribution < 1.29 is 53.6 Å². The highest BCUT2D eigenvalue weighted by Crippen LogP contribution is 2.23. The number of alkyl carbamates (subject to hydrolysis) is 1. The summed E-state index contributed by atoms with van der Waals surface area (Å²) in [5, 5.41) is 38.2. The van der Waals surface area contributed by atoms with Crippen LogP contribution in [0.1, 0.15) is 81.7 Å². The van der Waals surface area contributed by atoms with Crippen LogP contribution in [-0.4, -0.2) is 76.4 Å². The van der Waals surface area contributed by atoms with E-state index in [9.17, 15) is 39.0 Å².